The summed E-state index contributed by atoms with van der Waals surface area (Å²) < 4.78 is 24.4. The van der Waals surface area contributed by atoms with E-state index in [2.05, 4.69) is 10.6 Å². The molecular weight excluding hydrogens is 279 g/mol. The number of alkyl carbamates (subject to hydrolysis) is 1. The lowest BCUT2D eigenvalue weighted by Crippen LogP contribution is -2.32. The maximum atomic E-state index is 14.2. The lowest BCUT2D eigenvalue weighted by Gasteiger charge is -2.21. The number of anilines is 1. The van der Waals surface area contributed by atoms with Gasteiger partial charge in [0.1, 0.15) is 17.0 Å². The van der Waals surface area contributed by atoms with Gasteiger partial charge in [-0.1, -0.05) is 6.07 Å². The van der Waals surface area contributed by atoms with Crippen LogP contribution in [-0.4, -0.2) is 24.2 Å². The second kappa shape index (κ2) is 5.59. The van der Waals surface area contributed by atoms with E-state index < -0.39 is 23.4 Å². The van der Waals surface area contributed by atoms with Crippen LogP contribution in [0.25, 0.3) is 0 Å². The van der Waals surface area contributed by atoms with Crippen LogP contribution < -0.4 is 15.4 Å². The zero-order chi connectivity index (χ0) is 15.6. The largest absolute Gasteiger partial charge is 0.481 e. The number of carbonyl (C=O) groups is 2. The molecule has 0 saturated heterocycles. The Balaban J connectivity index is 2.06. The number of ether oxygens (including phenoxy) is 2. The first-order valence-corrected chi connectivity index (χ1v) is 6.47. The number of halogens is 1. The van der Waals surface area contributed by atoms with E-state index in [4.69, 9.17) is 9.47 Å². The first-order chi connectivity index (χ1) is 9.76. The van der Waals surface area contributed by atoms with Crippen molar-refractivity contribution in [3.63, 3.8) is 0 Å². The predicted octanol–water partition coefficient (Wildman–Crippen LogP) is 2.18. The zero-order valence-corrected chi connectivity index (χ0v) is 12.1. The molecule has 0 saturated carbocycles. The highest BCUT2D eigenvalue weighted by Crippen LogP contribution is 2.32. The molecule has 0 aliphatic carbocycles. The fourth-order valence-electron chi connectivity index (χ4n) is 1.78. The third-order valence-corrected chi connectivity index (χ3v) is 2.63. The molecule has 2 N–H and O–H groups in total. The van der Waals surface area contributed by atoms with Crippen molar-refractivity contribution in [1.29, 1.82) is 0 Å². The fraction of sp³-hybridized carbons (Fsp3) is 0.429. The zero-order valence-electron chi connectivity index (χ0n) is 12.1. The van der Waals surface area contributed by atoms with E-state index in [0.717, 1.165) is 0 Å². The van der Waals surface area contributed by atoms with E-state index in [1.54, 1.807) is 26.8 Å². The topological polar surface area (TPSA) is 76.7 Å². The van der Waals surface area contributed by atoms with Gasteiger partial charge in [0.15, 0.2) is 12.4 Å². The Morgan fingerprint density at radius 1 is 1.48 bits per heavy atom. The minimum atomic E-state index is -0.639. The maximum Gasteiger partial charge on any atom is 0.407 e. The van der Waals surface area contributed by atoms with E-state index in [1.165, 1.54) is 6.07 Å². The number of amides is 2. The monoisotopic (exact) mass is 296 g/mol. The average molecular weight is 296 g/mol. The van der Waals surface area contributed by atoms with Crippen molar-refractivity contribution in [3.05, 3.63) is 23.5 Å². The maximum absolute atomic E-state index is 14.2. The van der Waals surface area contributed by atoms with Crippen molar-refractivity contribution in [2.24, 2.45) is 0 Å². The number of hydrogen-bond acceptors (Lipinski definition) is 4. The number of fused-ring (bicyclic) bond motifs is 1. The molecule has 114 valence electrons. The van der Waals surface area contributed by atoms with Crippen molar-refractivity contribution in [3.8, 4) is 5.75 Å². The summed E-state index contributed by atoms with van der Waals surface area (Å²) in [5, 5.41) is 4.87. The standard InChI is InChI=1S/C14H17FN2O4/c1-14(2,3)21-13(19)16-6-8-4-5-9-12(11(8)15)17-10(18)7-20-9/h4-5H,6-7H2,1-3H3,(H,16,19)(H,17,18). The van der Waals surface area contributed by atoms with Crippen LogP contribution in [0.2, 0.25) is 0 Å². The van der Waals surface area contributed by atoms with Crippen molar-refractivity contribution in [2.75, 3.05) is 11.9 Å². The average Bonchev–Trinajstić information content (AvgIpc) is 2.36. The van der Waals surface area contributed by atoms with Crippen LogP contribution in [-0.2, 0) is 16.1 Å². The first-order valence-electron chi connectivity index (χ1n) is 6.47. The van der Waals surface area contributed by atoms with Gasteiger partial charge < -0.3 is 20.1 Å². The van der Waals surface area contributed by atoms with Gasteiger partial charge in [-0.2, -0.15) is 0 Å². The van der Waals surface area contributed by atoms with Gasteiger partial charge in [0.2, 0.25) is 0 Å². The Hall–Kier alpha value is -2.31. The quantitative estimate of drug-likeness (QED) is 0.877. The van der Waals surface area contributed by atoms with E-state index in [-0.39, 0.29) is 30.2 Å². The molecule has 0 aromatic heterocycles. The molecule has 0 spiro atoms. The van der Waals surface area contributed by atoms with Crippen LogP contribution in [0, 0.1) is 5.82 Å². The lowest BCUT2D eigenvalue weighted by atomic mass is 10.1. The van der Waals surface area contributed by atoms with Gasteiger partial charge in [-0.05, 0) is 26.8 Å². The Morgan fingerprint density at radius 3 is 2.86 bits per heavy atom. The molecular formula is C14H17FN2O4. The minimum absolute atomic E-state index is 0.00487. The molecule has 6 nitrogen and oxygen atoms in total. The Bertz CT molecular complexity index is 581. The van der Waals surface area contributed by atoms with Crippen molar-refractivity contribution in [2.45, 2.75) is 32.9 Å². The normalized spacial score (nSPS) is 13.8. The molecule has 1 aliphatic rings. The molecule has 0 bridgehead atoms. The SMILES string of the molecule is CC(C)(C)OC(=O)NCc1ccc2c(c1F)NC(=O)CO2. The summed E-state index contributed by atoms with van der Waals surface area (Å²) in [6.45, 7) is 5.02. The van der Waals surface area contributed by atoms with Crippen LogP contribution in [0.3, 0.4) is 0 Å². The summed E-state index contributed by atoms with van der Waals surface area (Å²) >= 11 is 0. The molecule has 2 amide bonds. The number of nitrogens with one attached hydrogen (secondary N) is 2. The molecule has 0 radical (unpaired) electrons. The molecule has 1 heterocycles. The minimum Gasteiger partial charge on any atom is -0.481 e. The van der Waals surface area contributed by atoms with Crippen LogP contribution in [0.15, 0.2) is 12.1 Å². The molecule has 0 atom stereocenters. The predicted molar refractivity (Wildman–Crippen MR) is 73.6 cm³/mol. The summed E-state index contributed by atoms with van der Waals surface area (Å²) in [5.74, 6) is -0.775. The van der Waals surface area contributed by atoms with E-state index in [9.17, 15) is 14.0 Å². The third-order valence-electron chi connectivity index (χ3n) is 2.63. The first kappa shape index (κ1) is 15.1. The molecule has 1 aromatic carbocycles. The number of benzene rings is 1. The van der Waals surface area contributed by atoms with Gasteiger partial charge >= 0.3 is 6.09 Å². The summed E-state index contributed by atoms with van der Waals surface area (Å²) in [6, 6.07) is 3.03. The highest BCUT2D eigenvalue weighted by Gasteiger charge is 2.22. The summed E-state index contributed by atoms with van der Waals surface area (Å²) in [4.78, 5) is 22.8. The van der Waals surface area contributed by atoms with Crippen molar-refractivity contribution < 1.29 is 23.5 Å². The van der Waals surface area contributed by atoms with Gasteiger partial charge in [-0.3, -0.25) is 4.79 Å². The second-order valence-electron chi connectivity index (χ2n) is 5.60. The number of hydrogen-bond donors (Lipinski definition) is 2. The number of rotatable bonds is 2. The number of carbonyl (C=O) groups excluding carboxylic acids is 2. The van der Waals surface area contributed by atoms with E-state index in [0.29, 0.717) is 0 Å². The van der Waals surface area contributed by atoms with Crippen LogP contribution in [0.1, 0.15) is 26.3 Å². The summed E-state index contributed by atoms with van der Waals surface area (Å²) in [7, 11) is 0. The molecule has 2 rings (SSSR count). The molecule has 1 aliphatic heterocycles. The van der Waals surface area contributed by atoms with Gasteiger partial charge in [-0.25, -0.2) is 9.18 Å². The van der Waals surface area contributed by atoms with E-state index >= 15 is 0 Å². The van der Waals surface area contributed by atoms with Crippen LogP contribution in [0.5, 0.6) is 5.75 Å². The lowest BCUT2D eigenvalue weighted by molar-refractivity contribution is -0.118. The fourth-order valence-corrected chi connectivity index (χ4v) is 1.78. The highest BCUT2D eigenvalue weighted by atomic mass is 19.1. The molecule has 0 fully saturated rings. The molecule has 21 heavy (non-hydrogen) atoms. The molecule has 1 aromatic rings. The van der Waals surface area contributed by atoms with Crippen LogP contribution >= 0.6 is 0 Å². The summed E-state index contributed by atoms with van der Waals surface area (Å²) in [6.07, 6.45) is -0.639. The third kappa shape index (κ3) is 3.84. The molecule has 7 heteroatoms. The van der Waals surface area contributed by atoms with Gasteiger partial charge in [0.05, 0.1) is 0 Å². The Labute approximate surface area is 121 Å². The highest BCUT2D eigenvalue weighted by molar-refractivity contribution is 5.95. The van der Waals surface area contributed by atoms with Crippen molar-refractivity contribution >= 4 is 17.7 Å². The van der Waals surface area contributed by atoms with Gasteiger partial charge in [0.25, 0.3) is 5.91 Å². The van der Waals surface area contributed by atoms with E-state index in [1.807, 2.05) is 0 Å². The Morgan fingerprint density at radius 2 is 2.19 bits per heavy atom. The van der Waals surface area contributed by atoms with Gasteiger partial charge in [0, 0.05) is 12.1 Å². The second-order valence-corrected chi connectivity index (χ2v) is 5.60. The van der Waals surface area contributed by atoms with Crippen molar-refractivity contribution in [1.82, 2.24) is 5.32 Å². The summed E-state index contributed by atoms with van der Waals surface area (Å²) in [5.41, 5.74) is -0.402. The van der Waals surface area contributed by atoms with Gasteiger partial charge in [-0.15, -0.1) is 0 Å². The smallest absolute Gasteiger partial charge is 0.407 e. The molecule has 0 unspecified atom stereocenters. The Kier molecular flexibility index (Phi) is 4.02. The van der Waals surface area contributed by atoms with Crippen LogP contribution in [0.4, 0.5) is 14.9 Å².